The number of carbonyl (C=O) groups is 3. The summed E-state index contributed by atoms with van der Waals surface area (Å²) in [4.78, 5) is 37.8. The summed E-state index contributed by atoms with van der Waals surface area (Å²) in [6, 6.07) is 0. The van der Waals surface area contributed by atoms with Gasteiger partial charge < -0.3 is 14.2 Å². The number of ether oxygens (including phenoxy) is 3. The second-order valence-electron chi connectivity index (χ2n) is 15.6. The minimum atomic E-state index is -0.791. The summed E-state index contributed by atoms with van der Waals surface area (Å²) in [5.41, 5.74) is 0. The molecule has 0 aliphatic rings. The molecule has 0 rings (SSSR count). The van der Waals surface area contributed by atoms with E-state index in [1.54, 1.807) is 0 Å². The van der Waals surface area contributed by atoms with E-state index in [9.17, 15) is 14.4 Å². The van der Waals surface area contributed by atoms with Crippen LogP contribution >= 0.6 is 0 Å². The Balaban J connectivity index is 4.41. The summed E-state index contributed by atoms with van der Waals surface area (Å²) in [5, 5.41) is 0. The maximum absolute atomic E-state index is 12.7. The van der Waals surface area contributed by atoms with Gasteiger partial charge in [0.2, 0.25) is 0 Å². The monoisotopic (exact) mass is 785 g/mol. The fraction of sp³-hybridized carbons (Fsp3) is 0.780. The SMILES string of the molecule is CC/C=C\C/C=C\C/C=C\CCCCC(=O)OC(COC(=O)CCCCCCC/C=C\CCCCC)COC(=O)CCCCCCCCCCCCCCCC. The number of unbranched alkanes of at least 4 members (excludes halogenated alkanes) is 23. The van der Waals surface area contributed by atoms with Crippen LogP contribution in [-0.2, 0) is 28.6 Å². The van der Waals surface area contributed by atoms with Gasteiger partial charge in [-0.05, 0) is 77.0 Å². The van der Waals surface area contributed by atoms with Crippen LogP contribution in [0.3, 0.4) is 0 Å². The van der Waals surface area contributed by atoms with Crippen LogP contribution in [0.5, 0.6) is 0 Å². The molecule has 0 aliphatic heterocycles. The second kappa shape index (κ2) is 45.1. The molecule has 1 atom stereocenters. The van der Waals surface area contributed by atoms with Crippen molar-refractivity contribution in [2.45, 2.75) is 239 Å². The Kier molecular flexibility index (Phi) is 43.0. The highest BCUT2D eigenvalue weighted by Crippen LogP contribution is 2.15. The molecule has 56 heavy (non-hydrogen) atoms. The van der Waals surface area contributed by atoms with Crippen molar-refractivity contribution in [3.05, 3.63) is 48.6 Å². The predicted octanol–water partition coefficient (Wildman–Crippen LogP) is 15.1. The lowest BCUT2D eigenvalue weighted by Crippen LogP contribution is -2.30. The lowest BCUT2D eigenvalue weighted by molar-refractivity contribution is -0.167. The molecule has 0 amide bonds. The third kappa shape index (κ3) is 42.5. The van der Waals surface area contributed by atoms with Gasteiger partial charge in [-0.1, -0.05) is 185 Å². The van der Waals surface area contributed by atoms with Crippen molar-refractivity contribution in [2.75, 3.05) is 13.2 Å². The van der Waals surface area contributed by atoms with Gasteiger partial charge in [-0.15, -0.1) is 0 Å². The van der Waals surface area contributed by atoms with E-state index >= 15 is 0 Å². The number of rotatable bonds is 42. The van der Waals surface area contributed by atoms with E-state index in [1.165, 1.54) is 109 Å². The zero-order valence-electron chi connectivity index (χ0n) is 36.9. The Morgan fingerprint density at radius 1 is 0.375 bits per heavy atom. The molecule has 0 aromatic rings. The molecule has 6 heteroatoms. The summed E-state index contributed by atoms with van der Waals surface area (Å²) in [5.74, 6) is -0.937. The van der Waals surface area contributed by atoms with Crippen LogP contribution < -0.4 is 0 Å². The average Bonchev–Trinajstić information content (AvgIpc) is 3.19. The van der Waals surface area contributed by atoms with E-state index in [0.717, 1.165) is 77.0 Å². The van der Waals surface area contributed by atoms with Crippen molar-refractivity contribution in [3.8, 4) is 0 Å². The molecule has 0 saturated heterocycles. The first-order valence-corrected chi connectivity index (χ1v) is 23.6. The number of hydrogen-bond donors (Lipinski definition) is 0. The fourth-order valence-corrected chi connectivity index (χ4v) is 6.51. The van der Waals surface area contributed by atoms with Crippen LogP contribution in [0, 0.1) is 0 Å². The molecule has 0 N–H and O–H groups in total. The average molecular weight is 785 g/mol. The first-order valence-electron chi connectivity index (χ1n) is 23.6. The lowest BCUT2D eigenvalue weighted by atomic mass is 10.0. The van der Waals surface area contributed by atoms with Gasteiger partial charge >= 0.3 is 17.9 Å². The standard InChI is InChI=1S/C50H88O6/c1-4-7-10-13-16-19-22-25-26-29-31-34-37-40-43-49(52)55-46-47(56-50(53)44-41-38-35-32-28-24-21-18-15-12-9-6-3)45-54-48(51)42-39-36-33-30-27-23-20-17-14-11-8-5-2/h9,12,17-18,20-21,28,32,47H,4-8,10-11,13-16,19,22-27,29-31,33-46H2,1-3H3/b12-9-,20-17-,21-18-,32-28-. The maximum atomic E-state index is 12.7. The third-order valence-electron chi connectivity index (χ3n) is 10.1. The first kappa shape index (κ1) is 53.4. The maximum Gasteiger partial charge on any atom is 0.306 e. The highest BCUT2D eigenvalue weighted by molar-refractivity contribution is 5.71. The van der Waals surface area contributed by atoms with Crippen LogP contribution in [0.15, 0.2) is 48.6 Å². The van der Waals surface area contributed by atoms with Crippen LogP contribution in [-0.4, -0.2) is 37.2 Å². The van der Waals surface area contributed by atoms with Gasteiger partial charge in [-0.25, -0.2) is 0 Å². The van der Waals surface area contributed by atoms with E-state index in [1.807, 2.05) is 0 Å². The van der Waals surface area contributed by atoms with Crippen molar-refractivity contribution in [1.29, 1.82) is 0 Å². The summed E-state index contributed by atoms with van der Waals surface area (Å²) >= 11 is 0. The Morgan fingerprint density at radius 2 is 0.696 bits per heavy atom. The van der Waals surface area contributed by atoms with Crippen LogP contribution in [0.25, 0.3) is 0 Å². The highest BCUT2D eigenvalue weighted by atomic mass is 16.6. The zero-order chi connectivity index (χ0) is 40.8. The topological polar surface area (TPSA) is 78.9 Å². The number of carbonyl (C=O) groups excluding carboxylic acids is 3. The van der Waals surface area contributed by atoms with Crippen molar-refractivity contribution >= 4 is 17.9 Å². The smallest absolute Gasteiger partial charge is 0.306 e. The largest absolute Gasteiger partial charge is 0.462 e. The Bertz CT molecular complexity index is 996. The molecule has 0 aliphatic carbocycles. The molecule has 324 valence electrons. The van der Waals surface area contributed by atoms with E-state index in [0.29, 0.717) is 19.3 Å². The molecule has 0 fully saturated rings. The fourth-order valence-electron chi connectivity index (χ4n) is 6.51. The van der Waals surface area contributed by atoms with Crippen LogP contribution in [0.1, 0.15) is 233 Å². The van der Waals surface area contributed by atoms with E-state index in [4.69, 9.17) is 14.2 Å². The summed E-state index contributed by atoms with van der Waals surface area (Å²) < 4.78 is 16.7. The molecular weight excluding hydrogens is 697 g/mol. The number of hydrogen-bond acceptors (Lipinski definition) is 6. The van der Waals surface area contributed by atoms with E-state index in [-0.39, 0.29) is 37.5 Å². The molecule has 6 nitrogen and oxygen atoms in total. The van der Waals surface area contributed by atoms with Crippen molar-refractivity contribution < 1.29 is 28.6 Å². The molecule has 0 aromatic carbocycles. The summed E-state index contributed by atoms with van der Waals surface area (Å²) in [7, 11) is 0. The summed E-state index contributed by atoms with van der Waals surface area (Å²) in [6.45, 7) is 6.45. The van der Waals surface area contributed by atoms with Gasteiger partial charge in [-0.2, -0.15) is 0 Å². The van der Waals surface area contributed by atoms with Gasteiger partial charge in [0, 0.05) is 19.3 Å². The van der Waals surface area contributed by atoms with Crippen molar-refractivity contribution in [2.24, 2.45) is 0 Å². The van der Waals surface area contributed by atoms with Gasteiger partial charge in [0.05, 0.1) is 0 Å². The molecule has 0 radical (unpaired) electrons. The Labute approximate surface area is 346 Å². The van der Waals surface area contributed by atoms with Crippen molar-refractivity contribution in [1.82, 2.24) is 0 Å². The van der Waals surface area contributed by atoms with E-state index in [2.05, 4.69) is 69.4 Å². The molecule has 0 aromatic heterocycles. The van der Waals surface area contributed by atoms with Crippen molar-refractivity contribution in [3.63, 3.8) is 0 Å². The lowest BCUT2D eigenvalue weighted by Gasteiger charge is -2.18. The normalized spacial score (nSPS) is 12.4. The number of esters is 3. The molecule has 0 spiro atoms. The minimum Gasteiger partial charge on any atom is -0.462 e. The van der Waals surface area contributed by atoms with Crippen LogP contribution in [0.2, 0.25) is 0 Å². The molecule has 0 saturated carbocycles. The van der Waals surface area contributed by atoms with Gasteiger partial charge in [0.1, 0.15) is 13.2 Å². The first-order chi connectivity index (χ1) is 27.5. The molecule has 1 unspecified atom stereocenters. The Morgan fingerprint density at radius 3 is 1.18 bits per heavy atom. The summed E-state index contributed by atoms with van der Waals surface area (Å²) in [6.07, 6.45) is 52.4. The van der Waals surface area contributed by atoms with Gasteiger partial charge in [0.15, 0.2) is 6.10 Å². The zero-order valence-corrected chi connectivity index (χ0v) is 36.9. The Hall–Kier alpha value is -2.63. The van der Waals surface area contributed by atoms with Gasteiger partial charge in [0.25, 0.3) is 0 Å². The molecular formula is C50H88O6. The number of allylic oxidation sites excluding steroid dienone is 8. The predicted molar refractivity (Wildman–Crippen MR) is 238 cm³/mol. The molecule has 0 heterocycles. The molecule has 0 bridgehead atoms. The third-order valence-corrected chi connectivity index (χ3v) is 10.1. The minimum absolute atomic E-state index is 0.0893. The quantitative estimate of drug-likeness (QED) is 0.0265. The van der Waals surface area contributed by atoms with E-state index < -0.39 is 6.10 Å². The second-order valence-corrected chi connectivity index (χ2v) is 15.6. The van der Waals surface area contributed by atoms with Crippen LogP contribution in [0.4, 0.5) is 0 Å². The van der Waals surface area contributed by atoms with Gasteiger partial charge in [-0.3, -0.25) is 14.4 Å². The highest BCUT2D eigenvalue weighted by Gasteiger charge is 2.19.